The lowest BCUT2D eigenvalue weighted by molar-refractivity contribution is -0.116. The zero-order valence-electron chi connectivity index (χ0n) is 14.9. The molecule has 0 saturated carbocycles. The first kappa shape index (κ1) is 16.3. The summed E-state index contributed by atoms with van der Waals surface area (Å²) >= 11 is 0. The fourth-order valence-corrected chi connectivity index (χ4v) is 4.11. The molecule has 2 aliphatic heterocycles. The SMILES string of the molecule is Nc1nc(N2CCOCC2)nc2c1[C@@H](c1ccco1)C1=C(CCCC1=O)N2. The molecule has 0 spiro atoms. The van der Waals surface area contributed by atoms with Gasteiger partial charge in [0, 0.05) is 30.8 Å². The molecule has 4 heterocycles. The minimum absolute atomic E-state index is 0.132. The van der Waals surface area contributed by atoms with E-state index in [0.29, 0.717) is 43.0 Å². The molecule has 1 fully saturated rings. The van der Waals surface area contributed by atoms with Gasteiger partial charge in [0.25, 0.3) is 0 Å². The van der Waals surface area contributed by atoms with Gasteiger partial charge in [0.2, 0.25) is 5.95 Å². The highest BCUT2D eigenvalue weighted by Crippen LogP contribution is 2.46. The molecule has 27 heavy (non-hydrogen) atoms. The molecule has 2 aromatic rings. The molecule has 1 aliphatic carbocycles. The fourth-order valence-electron chi connectivity index (χ4n) is 4.11. The van der Waals surface area contributed by atoms with Gasteiger partial charge in [0.05, 0.1) is 31.0 Å². The highest BCUT2D eigenvalue weighted by atomic mass is 16.5. The first-order valence-electron chi connectivity index (χ1n) is 9.29. The van der Waals surface area contributed by atoms with Gasteiger partial charge in [-0.3, -0.25) is 4.79 Å². The summed E-state index contributed by atoms with van der Waals surface area (Å²) in [4.78, 5) is 24.1. The smallest absolute Gasteiger partial charge is 0.229 e. The van der Waals surface area contributed by atoms with Crippen molar-refractivity contribution in [3.63, 3.8) is 0 Å². The van der Waals surface area contributed by atoms with Crippen molar-refractivity contribution in [2.75, 3.05) is 42.3 Å². The molecule has 3 N–H and O–H groups in total. The molecular weight excluding hydrogens is 346 g/mol. The van der Waals surface area contributed by atoms with Crippen molar-refractivity contribution in [3.8, 4) is 0 Å². The van der Waals surface area contributed by atoms with Gasteiger partial charge in [-0.1, -0.05) is 0 Å². The third kappa shape index (κ3) is 2.68. The summed E-state index contributed by atoms with van der Waals surface area (Å²) in [5, 5.41) is 3.37. The van der Waals surface area contributed by atoms with Gasteiger partial charge >= 0.3 is 0 Å². The summed E-state index contributed by atoms with van der Waals surface area (Å²) in [5.41, 5.74) is 8.76. The molecule has 0 radical (unpaired) electrons. The number of aromatic nitrogens is 2. The van der Waals surface area contributed by atoms with Gasteiger partial charge in [0.1, 0.15) is 17.4 Å². The van der Waals surface area contributed by atoms with E-state index in [1.54, 1.807) is 6.26 Å². The van der Waals surface area contributed by atoms with E-state index in [1.807, 2.05) is 12.1 Å². The lowest BCUT2D eigenvalue weighted by Gasteiger charge is -2.34. The Morgan fingerprint density at radius 1 is 1.22 bits per heavy atom. The molecule has 8 nitrogen and oxygen atoms in total. The summed E-state index contributed by atoms with van der Waals surface area (Å²) in [6.45, 7) is 2.75. The van der Waals surface area contributed by atoms with Gasteiger partial charge < -0.3 is 25.1 Å². The molecule has 1 atom stereocenters. The lowest BCUT2D eigenvalue weighted by Crippen LogP contribution is -2.38. The fraction of sp³-hybridized carbons (Fsp3) is 0.421. The van der Waals surface area contributed by atoms with Crippen molar-refractivity contribution in [2.45, 2.75) is 25.2 Å². The quantitative estimate of drug-likeness (QED) is 0.831. The molecule has 0 unspecified atom stereocenters. The van der Waals surface area contributed by atoms with Crippen LogP contribution in [0.2, 0.25) is 0 Å². The number of nitrogens with one attached hydrogen (secondary N) is 1. The number of furan rings is 1. The van der Waals surface area contributed by atoms with Crippen molar-refractivity contribution in [2.24, 2.45) is 0 Å². The van der Waals surface area contributed by atoms with E-state index in [1.165, 1.54) is 0 Å². The molecule has 3 aliphatic rings. The highest BCUT2D eigenvalue weighted by molar-refractivity contribution is 6.01. The van der Waals surface area contributed by atoms with Crippen LogP contribution in [-0.2, 0) is 9.53 Å². The first-order chi connectivity index (χ1) is 13.2. The number of hydrogen-bond acceptors (Lipinski definition) is 8. The van der Waals surface area contributed by atoms with Gasteiger partial charge in [0.15, 0.2) is 5.78 Å². The number of carbonyl (C=O) groups is 1. The molecule has 2 aromatic heterocycles. The van der Waals surface area contributed by atoms with Crippen LogP contribution in [0, 0.1) is 0 Å². The Bertz CT molecular complexity index is 916. The van der Waals surface area contributed by atoms with Crippen LogP contribution >= 0.6 is 0 Å². The van der Waals surface area contributed by atoms with Crippen molar-refractivity contribution < 1.29 is 13.9 Å². The molecule has 0 aromatic carbocycles. The van der Waals surface area contributed by atoms with Crippen molar-refractivity contribution in [1.29, 1.82) is 0 Å². The van der Waals surface area contributed by atoms with Crippen LogP contribution in [0.4, 0.5) is 17.6 Å². The number of carbonyl (C=O) groups excluding carboxylic acids is 1. The third-order valence-electron chi connectivity index (χ3n) is 5.39. The van der Waals surface area contributed by atoms with Crippen molar-refractivity contribution in [3.05, 3.63) is 41.0 Å². The number of nitrogens with zero attached hydrogens (tertiary/aromatic N) is 3. The van der Waals surface area contributed by atoms with Gasteiger partial charge in [-0.15, -0.1) is 0 Å². The van der Waals surface area contributed by atoms with E-state index in [4.69, 9.17) is 19.9 Å². The van der Waals surface area contributed by atoms with Crippen LogP contribution < -0.4 is 16.0 Å². The second-order valence-electron chi connectivity index (χ2n) is 7.01. The largest absolute Gasteiger partial charge is 0.468 e. The summed E-state index contributed by atoms with van der Waals surface area (Å²) in [5.74, 6) is 2.09. The van der Waals surface area contributed by atoms with E-state index >= 15 is 0 Å². The van der Waals surface area contributed by atoms with E-state index in [0.717, 1.165) is 42.8 Å². The summed E-state index contributed by atoms with van der Waals surface area (Å²) in [6.07, 6.45) is 3.81. The van der Waals surface area contributed by atoms with Crippen molar-refractivity contribution >= 4 is 23.4 Å². The molecule has 8 heteroatoms. The molecule has 1 saturated heterocycles. The summed E-state index contributed by atoms with van der Waals surface area (Å²) in [6, 6.07) is 3.70. The summed E-state index contributed by atoms with van der Waals surface area (Å²) < 4.78 is 11.1. The number of allylic oxidation sites excluding steroid dienone is 2. The number of hydrogen-bond donors (Lipinski definition) is 2. The van der Waals surface area contributed by atoms with Crippen LogP contribution in [0.3, 0.4) is 0 Å². The van der Waals surface area contributed by atoms with Crippen LogP contribution in [-0.4, -0.2) is 42.1 Å². The second-order valence-corrected chi connectivity index (χ2v) is 7.01. The zero-order chi connectivity index (χ0) is 18.4. The van der Waals surface area contributed by atoms with Gasteiger partial charge in [-0.2, -0.15) is 9.97 Å². The minimum Gasteiger partial charge on any atom is -0.468 e. The Morgan fingerprint density at radius 3 is 2.85 bits per heavy atom. The average Bonchev–Trinajstić information content (AvgIpc) is 3.21. The third-order valence-corrected chi connectivity index (χ3v) is 5.39. The number of nitrogen functional groups attached to an aromatic ring is 1. The van der Waals surface area contributed by atoms with Crippen LogP contribution in [0.15, 0.2) is 34.1 Å². The number of morpholine rings is 1. The predicted octanol–water partition coefficient (Wildman–Crippen LogP) is 2.05. The van der Waals surface area contributed by atoms with E-state index < -0.39 is 0 Å². The number of Topliss-reactive ketones (excluding diaryl/α,β-unsaturated/α-hetero) is 1. The van der Waals surface area contributed by atoms with E-state index in [-0.39, 0.29) is 11.7 Å². The topological polar surface area (TPSA) is 107 Å². The zero-order valence-corrected chi connectivity index (χ0v) is 14.9. The normalized spacial score (nSPS) is 22.3. The molecule has 0 bridgehead atoms. The Morgan fingerprint density at radius 2 is 2.07 bits per heavy atom. The maximum atomic E-state index is 12.7. The number of rotatable bonds is 2. The van der Waals surface area contributed by atoms with Crippen LogP contribution in [0.5, 0.6) is 0 Å². The van der Waals surface area contributed by atoms with E-state index in [2.05, 4.69) is 15.2 Å². The number of anilines is 3. The van der Waals surface area contributed by atoms with Crippen molar-refractivity contribution in [1.82, 2.24) is 9.97 Å². The highest BCUT2D eigenvalue weighted by Gasteiger charge is 2.39. The minimum atomic E-state index is -0.363. The molecule has 140 valence electrons. The number of ketones is 1. The Balaban J connectivity index is 1.65. The average molecular weight is 367 g/mol. The number of fused-ring (bicyclic) bond motifs is 1. The van der Waals surface area contributed by atoms with Gasteiger partial charge in [-0.25, -0.2) is 0 Å². The predicted molar refractivity (Wildman–Crippen MR) is 99.5 cm³/mol. The molecule has 5 rings (SSSR count). The van der Waals surface area contributed by atoms with Crippen LogP contribution in [0.25, 0.3) is 0 Å². The monoisotopic (exact) mass is 367 g/mol. The molecule has 0 amide bonds. The number of nitrogens with two attached hydrogens (primary N) is 1. The standard InChI is InChI=1S/C19H21N5O3/c20-17-16-15(13-5-2-8-27-13)14-11(3-1-4-12(14)25)21-18(16)23-19(22-17)24-6-9-26-10-7-24/h2,5,8,15H,1,3-4,6-7,9-10H2,(H3,20,21,22,23)/t15-/m0/s1. The Kier molecular flexibility index (Phi) is 3.86. The second kappa shape index (κ2) is 6.38. The number of ether oxygens (including phenoxy) is 1. The first-order valence-corrected chi connectivity index (χ1v) is 9.29. The van der Waals surface area contributed by atoms with Crippen LogP contribution in [0.1, 0.15) is 36.5 Å². The Labute approximate surface area is 156 Å². The summed E-state index contributed by atoms with van der Waals surface area (Å²) in [7, 11) is 0. The van der Waals surface area contributed by atoms with Gasteiger partial charge in [-0.05, 0) is 25.0 Å². The maximum Gasteiger partial charge on any atom is 0.229 e. The maximum absolute atomic E-state index is 12.7. The lowest BCUT2D eigenvalue weighted by atomic mass is 9.78. The molecular formula is C19H21N5O3. The Hall–Kier alpha value is -2.87. The van der Waals surface area contributed by atoms with E-state index in [9.17, 15) is 4.79 Å².